The third-order valence-electron chi connectivity index (χ3n) is 5.15. The first-order valence-electron chi connectivity index (χ1n) is 10.5. The van der Waals surface area contributed by atoms with Gasteiger partial charge < -0.3 is 20.1 Å². The first-order valence-corrected chi connectivity index (χ1v) is 10.5. The number of nitrogens with one attached hydrogen (secondary N) is 2. The van der Waals surface area contributed by atoms with Gasteiger partial charge in [-0.25, -0.2) is 4.39 Å². The molecule has 0 spiro atoms. The van der Waals surface area contributed by atoms with Crippen LogP contribution >= 0.6 is 0 Å². The van der Waals surface area contributed by atoms with Gasteiger partial charge in [0.15, 0.2) is 0 Å². The van der Waals surface area contributed by atoms with E-state index >= 15 is 0 Å². The Morgan fingerprint density at radius 2 is 2.06 bits per heavy atom. The van der Waals surface area contributed by atoms with Crippen molar-refractivity contribution in [1.82, 2.24) is 10.6 Å². The summed E-state index contributed by atoms with van der Waals surface area (Å²) in [4.78, 5) is 23.6. The molecule has 1 amide bonds. The molecule has 1 saturated heterocycles. The lowest BCUT2D eigenvalue weighted by atomic mass is 9.99. The summed E-state index contributed by atoms with van der Waals surface area (Å²) in [6, 6.07) is 11.1. The Balaban J connectivity index is 1.69. The van der Waals surface area contributed by atoms with Gasteiger partial charge in [0, 0.05) is 26.5 Å². The molecule has 32 heavy (non-hydrogen) atoms. The van der Waals surface area contributed by atoms with Crippen molar-refractivity contribution in [2.75, 3.05) is 19.7 Å². The molecule has 2 atom stereocenters. The first-order chi connectivity index (χ1) is 15.4. The Morgan fingerprint density at radius 1 is 1.31 bits per heavy atom. The van der Waals surface area contributed by atoms with Crippen LogP contribution in [-0.2, 0) is 20.7 Å². The van der Waals surface area contributed by atoms with Crippen molar-refractivity contribution >= 4 is 11.9 Å². The maximum atomic E-state index is 14.8. The number of nitriles is 1. The number of esters is 1. The van der Waals surface area contributed by atoms with Crippen molar-refractivity contribution in [3.8, 4) is 22.9 Å². The SMILES string of the molecule is CC(=O)Oc1ccc(-c2ccc(C[C@@H](C#N)NC(=O)[C@@H]3CNCCCO3)c(F)c2)cc1C. The summed E-state index contributed by atoms with van der Waals surface area (Å²) >= 11 is 0. The number of amides is 1. The van der Waals surface area contributed by atoms with Gasteiger partial charge in [-0.15, -0.1) is 0 Å². The zero-order valence-corrected chi connectivity index (χ0v) is 18.1. The molecule has 0 bridgehead atoms. The fourth-order valence-corrected chi connectivity index (χ4v) is 3.49. The lowest BCUT2D eigenvalue weighted by molar-refractivity contribution is -0.133. The molecule has 0 radical (unpaired) electrons. The molecule has 7 nitrogen and oxygen atoms in total. The number of halogens is 1. The summed E-state index contributed by atoms with van der Waals surface area (Å²) in [5, 5.41) is 15.2. The third-order valence-corrected chi connectivity index (χ3v) is 5.15. The van der Waals surface area contributed by atoms with Crippen LogP contribution in [0.5, 0.6) is 5.75 Å². The van der Waals surface area contributed by atoms with Crippen LogP contribution in [0.4, 0.5) is 4.39 Å². The lowest BCUT2D eigenvalue weighted by Crippen LogP contribution is -2.46. The molecule has 8 heteroatoms. The van der Waals surface area contributed by atoms with Crippen LogP contribution in [0.15, 0.2) is 36.4 Å². The van der Waals surface area contributed by atoms with Gasteiger partial charge in [-0.1, -0.05) is 18.2 Å². The van der Waals surface area contributed by atoms with Crippen molar-refractivity contribution in [2.45, 2.75) is 38.8 Å². The van der Waals surface area contributed by atoms with Crippen molar-refractivity contribution in [2.24, 2.45) is 0 Å². The first kappa shape index (κ1) is 23.4. The van der Waals surface area contributed by atoms with Gasteiger partial charge in [0.2, 0.25) is 0 Å². The van der Waals surface area contributed by atoms with E-state index in [9.17, 15) is 19.2 Å². The molecule has 2 aromatic carbocycles. The number of carbonyl (C=O) groups excluding carboxylic acids is 2. The molecule has 0 aliphatic carbocycles. The van der Waals surface area contributed by atoms with Crippen LogP contribution in [0.3, 0.4) is 0 Å². The molecule has 0 saturated carbocycles. The van der Waals surface area contributed by atoms with Crippen molar-refractivity contribution < 1.29 is 23.5 Å². The Labute approximate surface area is 186 Å². The Bertz CT molecular complexity index is 1030. The Kier molecular flexibility index (Phi) is 7.92. The number of hydrogen-bond donors (Lipinski definition) is 2. The monoisotopic (exact) mass is 439 g/mol. The number of nitrogens with zero attached hydrogens (tertiary/aromatic N) is 1. The number of benzene rings is 2. The topological polar surface area (TPSA) is 100 Å². The molecular weight excluding hydrogens is 413 g/mol. The van der Waals surface area contributed by atoms with Gasteiger partial charge in [-0.3, -0.25) is 9.59 Å². The lowest BCUT2D eigenvalue weighted by Gasteiger charge is -2.18. The van der Waals surface area contributed by atoms with Crippen molar-refractivity contribution in [3.63, 3.8) is 0 Å². The van der Waals surface area contributed by atoms with Crippen LogP contribution in [0.2, 0.25) is 0 Å². The highest BCUT2D eigenvalue weighted by atomic mass is 19.1. The quantitative estimate of drug-likeness (QED) is 0.530. The van der Waals surface area contributed by atoms with E-state index in [0.29, 0.717) is 30.0 Å². The molecule has 0 unspecified atom stereocenters. The van der Waals surface area contributed by atoms with Gasteiger partial charge >= 0.3 is 5.97 Å². The zero-order chi connectivity index (χ0) is 23.1. The minimum atomic E-state index is -0.875. The van der Waals surface area contributed by atoms with E-state index in [2.05, 4.69) is 10.6 Å². The molecule has 2 aromatic rings. The second-order valence-corrected chi connectivity index (χ2v) is 7.69. The second-order valence-electron chi connectivity index (χ2n) is 7.69. The maximum absolute atomic E-state index is 14.8. The van der Waals surface area contributed by atoms with Crippen molar-refractivity contribution in [3.05, 3.63) is 53.3 Å². The molecule has 1 aliphatic heterocycles. The fraction of sp³-hybridized carbons (Fsp3) is 0.375. The van der Waals surface area contributed by atoms with Gasteiger partial charge in [0.1, 0.15) is 23.7 Å². The van der Waals surface area contributed by atoms with Crippen LogP contribution in [-0.4, -0.2) is 43.7 Å². The van der Waals surface area contributed by atoms with E-state index in [0.717, 1.165) is 24.1 Å². The summed E-state index contributed by atoms with van der Waals surface area (Å²) in [6.07, 6.45) is 0.187. The van der Waals surface area contributed by atoms with Crippen LogP contribution in [0.1, 0.15) is 24.5 Å². The summed E-state index contributed by atoms with van der Waals surface area (Å²) in [6.45, 7) is 4.76. The fourth-order valence-electron chi connectivity index (χ4n) is 3.49. The number of aryl methyl sites for hydroxylation is 1. The Morgan fingerprint density at radius 3 is 2.75 bits per heavy atom. The van der Waals surface area contributed by atoms with E-state index in [-0.39, 0.29) is 12.3 Å². The molecule has 1 aliphatic rings. The van der Waals surface area contributed by atoms with E-state index < -0.39 is 23.9 Å². The average molecular weight is 439 g/mol. The molecule has 0 aromatic heterocycles. The standard InChI is InChI=1S/C24H26FN3O4/c1-15-10-17(6-7-22(15)32-16(2)29)18-4-5-19(21(25)12-18)11-20(13-26)28-24(30)23-14-27-8-3-9-31-23/h4-7,10,12,20,23,27H,3,8-9,11,14H2,1-2H3,(H,28,30)/t20-,23-/m0/s1. The minimum absolute atomic E-state index is 0.0406. The molecular formula is C24H26FN3O4. The average Bonchev–Trinajstić information content (AvgIpc) is 3.05. The molecule has 1 heterocycles. The van der Waals surface area contributed by atoms with Gasteiger partial charge in [-0.2, -0.15) is 5.26 Å². The summed E-state index contributed by atoms with van der Waals surface area (Å²) in [7, 11) is 0. The number of rotatable bonds is 6. The number of hydrogen-bond acceptors (Lipinski definition) is 6. The van der Waals surface area contributed by atoms with E-state index in [1.165, 1.54) is 13.0 Å². The number of carbonyl (C=O) groups is 2. The van der Waals surface area contributed by atoms with E-state index in [4.69, 9.17) is 9.47 Å². The summed E-state index contributed by atoms with van der Waals surface area (Å²) in [5.74, 6) is -0.798. The summed E-state index contributed by atoms with van der Waals surface area (Å²) in [5.41, 5.74) is 2.50. The van der Waals surface area contributed by atoms with E-state index in [1.807, 2.05) is 12.1 Å². The zero-order valence-electron chi connectivity index (χ0n) is 18.1. The van der Waals surface area contributed by atoms with Gasteiger partial charge in [-0.05, 0) is 60.3 Å². The Hall–Kier alpha value is -3.28. The predicted molar refractivity (Wildman–Crippen MR) is 116 cm³/mol. The van der Waals surface area contributed by atoms with Gasteiger partial charge in [0.05, 0.1) is 6.07 Å². The van der Waals surface area contributed by atoms with Crippen LogP contribution in [0.25, 0.3) is 11.1 Å². The highest BCUT2D eigenvalue weighted by Gasteiger charge is 2.24. The third kappa shape index (κ3) is 6.13. The minimum Gasteiger partial charge on any atom is -0.426 e. The van der Waals surface area contributed by atoms with Crippen LogP contribution in [0, 0.1) is 24.1 Å². The highest BCUT2D eigenvalue weighted by Crippen LogP contribution is 2.28. The molecule has 168 valence electrons. The second kappa shape index (κ2) is 10.8. The predicted octanol–water partition coefficient (Wildman–Crippen LogP) is 2.66. The largest absolute Gasteiger partial charge is 0.426 e. The van der Waals surface area contributed by atoms with Crippen LogP contribution < -0.4 is 15.4 Å². The smallest absolute Gasteiger partial charge is 0.308 e. The normalized spacial score (nSPS) is 17.0. The maximum Gasteiger partial charge on any atom is 0.308 e. The van der Waals surface area contributed by atoms with E-state index in [1.54, 1.807) is 31.2 Å². The van der Waals surface area contributed by atoms with Crippen molar-refractivity contribution in [1.29, 1.82) is 5.26 Å². The summed E-state index contributed by atoms with van der Waals surface area (Å²) < 4.78 is 25.4. The molecule has 1 fully saturated rings. The molecule has 2 N–H and O–H groups in total. The van der Waals surface area contributed by atoms with Gasteiger partial charge in [0.25, 0.3) is 5.91 Å². The molecule has 3 rings (SSSR count). The highest BCUT2D eigenvalue weighted by molar-refractivity contribution is 5.81. The number of ether oxygens (including phenoxy) is 2.